The van der Waals surface area contributed by atoms with Crippen LogP contribution in [0.5, 0.6) is 0 Å². The lowest BCUT2D eigenvalue weighted by atomic mass is 10.3. The Labute approximate surface area is 96.7 Å². The number of benzene rings is 1. The summed E-state index contributed by atoms with van der Waals surface area (Å²) in [6, 6.07) is 8.88. The van der Waals surface area contributed by atoms with Gasteiger partial charge in [-0.15, -0.1) is 0 Å². The van der Waals surface area contributed by atoms with E-state index in [4.69, 9.17) is 0 Å². The fourth-order valence-corrected chi connectivity index (χ4v) is 1.62. The van der Waals surface area contributed by atoms with Gasteiger partial charge in [-0.2, -0.15) is 13.2 Å². The van der Waals surface area contributed by atoms with Crippen LogP contribution >= 0.6 is 0 Å². The molecule has 90 valence electrons. The molecule has 0 amide bonds. The van der Waals surface area contributed by atoms with Crippen molar-refractivity contribution in [1.29, 1.82) is 0 Å². The van der Waals surface area contributed by atoms with Crippen molar-refractivity contribution in [2.24, 2.45) is 0 Å². The van der Waals surface area contributed by atoms with Crippen molar-refractivity contribution in [3.05, 3.63) is 48.0 Å². The van der Waals surface area contributed by atoms with Gasteiger partial charge in [-0.25, -0.2) is 4.98 Å². The largest absolute Gasteiger partial charge is 0.434 e. The van der Waals surface area contributed by atoms with Crippen LogP contribution in [-0.4, -0.2) is 9.55 Å². The Bertz CT molecular complexity index is 500. The number of nitrogens with zero attached hydrogens (tertiary/aromatic N) is 2. The predicted octanol–water partition coefficient (Wildman–Crippen LogP) is 3.45. The Balaban J connectivity index is 2.51. The highest BCUT2D eigenvalue weighted by Crippen LogP contribution is 2.29. The van der Waals surface area contributed by atoms with E-state index < -0.39 is 11.9 Å². The quantitative estimate of drug-likeness (QED) is 0.786. The van der Waals surface area contributed by atoms with Crippen LogP contribution in [0.1, 0.15) is 18.4 Å². The van der Waals surface area contributed by atoms with E-state index in [0.717, 1.165) is 6.20 Å². The number of imidazole rings is 1. The molecule has 17 heavy (non-hydrogen) atoms. The minimum absolute atomic E-state index is 0.406. The molecule has 0 fully saturated rings. The maximum absolute atomic E-state index is 12.6. The number of aromatic nitrogens is 2. The van der Waals surface area contributed by atoms with E-state index in [1.165, 1.54) is 4.57 Å². The van der Waals surface area contributed by atoms with Gasteiger partial charge in [-0.3, -0.25) is 0 Å². The standard InChI is InChI=1S/C12H11F3N2/c1-2-11-16-10(12(13,14)15)8-17(11)9-6-4-3-5-7-9/h3-8H,2H2,1H3. The van der Waals surface area contributed by atoms with Crippen LogP contribution in [0.3, 0.4) is 0 Å². The summed E-state index contributed by atoms with van der Waals surface area (Å²) in [6.07, 6.45) is -2.91. The SMILES string of the molecule is CCc1nc(C(F)(F)F)cn1-c1ccccc1. The minimum Gasteiger partial charge on any atom is -0.303 e. The van der Waals surface area contributed by atoms with Crippen molar-refractivity contribution in [3.8, 4) is 5.69 Å². The molecular formula is C12H11F3N2. The van der Waals surface area contributed by atoms with Crippen molar-refractivity contribution in [3.63, 3.8) is 0 Å². The van der Waals surface area contributed by atoms with Gasteiger partial charge in [0.2, 0.25) is 0 Å². The lowest BCUT2D eigenvalue weighted by molar-refractivity contribution is -0.141. The molecule has 0 spiro atoms. The maximum Gasteiger partial charge on any atom is 0.434 e. The first kappa shape index (κ1) is 11.7. The summed E-state index contributed by atoms with van der Waals surface area (Å²) in [5, 5.41) is 0. The molecular weight excluding hydrogens is 229 g/mol. The number of aryl methyl sites for hydroxylation is 1. The van der Waals surface area contributed by atoms with Crippen molar-refractivity contribution in [2.75, 3.05) is 0 Å². The van der Waals surface area contributed by atoms with E-state index in [-0.39, 0.29) is 0 Å². The van der Waals surface area contributed by atoms with Crippen molar-refractivity contribution in [1.82, 2.24) is 9.55 Å². The third-order valence-electron chi connectivity index (χ3n) is 2.42. The Kier molecular flexibility index (Phi) is 2.92. The molecule has 2 rings (SSSR count). The molecule has 2 aromatic rings. The monoisotopic (exact) mass is 240 g/mol. The number of rotatable bonds is 2. The molecule has 0 aliphatic heterocycles. The summed E-state index contributed by atoms with van der Waals surface area (Å²) < 4.78 is 39.1. The molecule has 0 aliphatic rings. The summed E-state index contributed by atoms with van der Waals surface area (Å²) in [7, 11) is 0. The second-order valence-corrected chi connectivity index (χ2v) is 3.60. The minimum atomic E-state index is -4.40. The first-order chi connectivity index (χ1) is 8.02. The van der Waals surface area contributed by atoms with Crippen LogP contribution in [0.15, 0.2) is 36.5 Å². The number of alkyl halides is 3. The first-order valence-electron chi connectivity index (χ1n) is 5.23. The molecule has 0 radical (unpaired) electrons. The zero-order valence-electron chi connectivity index (χ0n) is 9.20. The van der Waals surface area contributed by atoms with E-state index >= 15 is 0 Å². The third kappa shape index (κ3) is 2.33. The molecule has 1 heterocycles. The van der Waals surface area contributed by atoms with Crippen LogP contribution in [0.4, 0.5) is 13.2 Å². The maximum atomic E-state index is 12.6. The summed E-state index contributed by atoms with van der Waals surface area (Å²) >= 11 is 0. The normalized spacial score (nSPS) is 11.8. The lowest BCUT2D eigenvalue weighted by Gasteiger charge is -2.05. The number of hydrogen-bond acceptors (Lipinski definition) is 1. The average molecular weight is 240 g/mol. The van der Waals surface area contributed by atoms with E-state index in [1.807, 2.05) is 6.07 Å². The molecule has 0 saturated heterocycles. The van der Waals surface area contributed by atoms with Crippen LogP contribution < -0.4 is 0 Å². The van der Waals surface area contributed by atoms with Crippen LogP contribution in [0, 0.1) is 0 Å². The number of para-hydroxylation sites is 1. The molecule has 0 aliphatic carbocycles. The van der Waals surface area contributed by atoms with E-state index in [1.54, 1.807) is 31.2 Å². The van der Waals surface area contributed by atoms with Gasteiger partial charge in [0.25, 0.3) is 0 Å². The van der Waals surface area contributed by atoms with Crippen LogP contribution in [0.2, 0.25) is 0 Å². The molecule has 5 heteroatoms. The molecule has 0 saturated carbocycles. The number of halogens is 3. The van der Waals surface area contributed by atoms with Crippen molar-refractivity contribution < 1.29 is 13.2 Å². The first-order valence-corrected chi connectivity index (χ1v) is 5.23. The number of hydrogen-bond donors (Lipinski definition) is 0. The smallest absolute Gasteiger partial charge is 0.303 e. The van der Waals surface area contributed by atoms with Crippen LogP contribution in [-0.2, 0) is 12.6 Å². The van der Waals surface area contributed by atoms with Gasteiger partial charge in [0.05, 0.1) is 0 Å². The Morgan fingerprint density at radius 3 is 2.35 bits per heavy atom. The van der Waals surface area contributed by atoms with Crippen molar-refractivity contribution >= 4 is 0 Å². The zero-order valence-corrected chi connectivity index (χ0v) is 9.20. The third-order valence-corrected chi connectivity index (χ3v) is 2.42. The summed E-state index contributed by atoms with van der Waals surface area (Å²) in [5.74, 6) is 0.406. The molecule has 0 N–H and O–H groups in total. The average Bonchev–Trinajstić information content (AvgIpc) is 2.73. The second-order valence-electron chi connectivity index (χ2n) is 3.60. The summed E-state index contributed by atoms with van der Waals surface area (Å²) in [4.78, 5) is 3.61. The molecule has 1 aromatic carbocycles. The molecule has 0 unspecified atom stereocenters. The highest BCUT2D eigenvalue weighted by atomic mass is 19.4. The van der Waals surface area contributed by atoms with Gasteiger partial charge in [0.1, 0.15) is 5.82 Å². The predicted molar refractivity (Wildman–Crippen MR) is 57.9 cm³/mol. The zero-order chi connectivity index (χ0) is 12.5. The van der Waals surface area contributed by atoms with Crippen molar-refractivity contribution in [2.45, 2.75) is 19.5 Å². The fraction of sp³-hybridized carbons (Fsp3) is 0.250. The topological polar surface area (TPSA) is 17.8 Å². The van der Waals surface area contributed by atoms with Gasteiger partial charge in [-0.1, -0.05) is 25.1 Å². The van der Waals surface area contributed by atoms with E-state index in [2.05, 4.69) is 4.98 Å². The van der Waals surface area contributed by atoms with Gasteiger partial charge in [0, 0.05) is 18.3 Å². The highest BCUT2D eigenvalue weighted by Gasteiger charge is 2.34. The lowest BCUT2D eigenvalue weighted by Crippen LogP contribution is -2.05. The summed E-state index contributed by atoms with van der Waals surface area (Å²) in [5.41, 5.74) is -0.162. The van der Waals surface area contributed by atoms with Gasteiger partial charge >= 0.3 is 6.18 Å². The van der Waals surface area contributed by atoms with E-state index in [9.17, 15) is 13.2 Å². The Morgan fingerprint density at radius 1 is 1.18 bits per heavy atom. The van der Waals surface area contributed by atoms with E-state index in [0.29, 0.717) is 17.9 Å². The Hall–Kier alpha value is -1.78. The molecule has 2 nitrogen and oxygen atoms in total. The van der Waals surface area contributed by atoms with Crippen LogP contribution in [0.25, 0.3) is 5.69 Å². The Morgan fingerprint density at radius 2 is 1.82 bits per heavy atom. The molecule has 1 aromatic heterocycles. The second kappa shape index (κ2) is 4.24. The van der Waals surface area contributed by atoms with Gasteiger partial charge in [0.15, 0.2) is 5.69 Å². The van der Waals surface area contributed by atoms with Gasteiger partial charge in [-0.05, 0) is 12.1 Å². The molecule has 0 bridgehead atoms. The molecule has 0 atom stereocenters. The highest BCUT2D eigenvalue weighted by molar-refractivity contribution is 5.34. The van der Waals surface area contributed by atoms with Gasteiger partial charge < -0.3 is 4.57 Å². The fourth-order valence-electron chi connectivity index (χ4n) is 1.62. The summed E-state index contributed by atoms with van der Waals surface area (Å²) in [6.45, 7) is 1.78.